The molecule has 1 heterocycles. The van der Waals surface area contributed by atoms with Crippen molar-refractivity contribution in [2.45, 2.75) is 6.61 Å². The topological polar surface area (TPSA) is 38.9 Å². The van der Waals surface area contributed by atoms with E-state index in [2.05, 4.69) is 14.8 Å². The third-order valence-electron chi connectivity index (χ3n) is 4.45. The minimum atomic E-state index is -2.93. The maximum absolute atomic E-state index is 14.2. The molecule has 0 N–H and O–H groups in total. The number of benzene rings is 3. The van der Waals surface area contributed by atoms with E-state index in [1.165, 1.54) is 29.1 Å². The number of nitrogens with zero attached hydrogens (tertiary/aromatic N) is 3. The van der Waals surface area contributed by atoms with Gasteiger partial charge in [0, 0.05) is 22.0 Å². The Morgan fingerprint density at radius 1 is 0.971 bits per heavy atom. The third kappa shape index (κ3) is 5.67. The minimum Gasteiger partial charge on any atom is -0.435 e. The molecule has 0 bridgehead atoms. The van der Waals surface area contributed by atoms with E-state index in [0.29, 0.717) is 26.9 Å². The summed E-state index contributed by atoms with van der Waals surface area (Å²) in [4.78, 5) is 4.57. The van der Waals surface area contributed by atoms with Gasteiger partial charge >= 0.3 is 6.61 Å². The van der Waals surface area contributed by atoms with Gasteiger partial charge in [-0.3, -0.25) is 0 Å². The average molecular weight is 526 g/mol. The van der Waals surface area contributed by atoms with E-state index >= 15 is 0 Å². The number of hydrogen-bond acceptors (Lipinski definition) is 4. The molecule has 0 aliphatic rings. The van der Waals surface area contributed by atoms with E-state index in [-0.39, 0.29) is 16.2 Å². The van der Waals surface area contributed by atoms with Crippen LogP contribution in [0.2, 0.25) is 10.0 Å². The van der Waals surface area contributed by atoms with Crippen molar-refractivity contribution in [1.29, 1.82) is 0 Å². The van der Waals surface area contributed by atoms with Gasteiger partial charge in [0.15, 0.2) is 5.82 Å². The fourth-order valence-corrected chi connectivity index (χ4v) is 4.25. The lowest BCUT2D eigenvalue weighted by atomic mass is 10.2. The van der Waals surface area contributed by atoms with Gasteiger partial charge in [0.2, 0.25) is 4.80 Å². The first-order valence-electron chi connectivity index (χ1n) is 9.55. The minimum absolute atomic E-state index is 0.00597. The smallest absolute Gasteiger partial charge is 0.387 e. The first-order chi connectivity index (χ1) is 16.3. The van der Waals surface area contributed by atoms with Crippen LogP contribution in [0, 0.1) is 11.6 Å². The predicted octanol–water partition coefficient (Wildman–Crippen LogP) is 7.52. The predicted molar refractivity (Wildman–Crippen MR) is 125 cm³/mol. The average Bonchev–Trinajstić information content (AvgIpc) is 3.17. The normalized spacial score (nSPS) is 12.1. The highest BCUT2D eigenvalue weighted by molar-refractivity contribution is 7.07. The first-order valence-corrected chi connectivity index (χ1v) is 11.2. The van der Waals surface area contributed by atoms with Crippen LogP contribution in [0.25, 0.3) is 11.3 Å². The van der Waals surface area contributed by atoms with E-state index < -0.39 is 18.2 Å². The van der Waals surface area contributed by atoms with Crippen LogP contribution in [-0.2, 0) is 0 Å². The third-order valence-corrected chi connectivity index (χ3v) is 5.81. The molecule has 4 aromatic rings. The fraction of sp³-hybridized carbons (Fsp3) is 0.0435. The fourth-order valence-electron chi connectivity index (χ4n) is 2.91. The van der Waals surface area contributed by atoms with Crippen molar-refractivity contribution < 1.29 is 22.3 Å². The number of aromatic nitrogens is 1. The number of rotatable bonds is 6. The van der Waals surface area contributed by atoms with Crippen molar-refractivity contribution in [2.24, 2.45) is 10.1 Å². The van der Waals surface area contributed by atoms with Gasteiger partial charge in [-0.2, -0.15) is 13.9 Å². The van der Waals surface area contributed by atoms with E-state index in [4.69, 9.17) is 23.2 Å². The van der Waals surface area contributed by atoms with Gasteiger partial charge in [-0.25, -0.2) is 18.4 Å². The molecule has 0 aliphatic carbocycles. The summed E-state index contributed by atoms with van der Waals surface area (Å²) in [5.74, 6) is -1.54. The van der Waals surface area contributed by atoms with Gasteiger partial charge in [-0.1, -0.05) is 23.2 Å². The molecular formula is C23H13Cl2F4N3OS. The molecule has 0 amide bonds. The Morgan fingerprint density at radius 3 is 2.41 bits per heavy atom. The summed E-state index contributed by atoms with van der Waals surface area (Å²) in [5, 5.41) is 6.98. The number of halogens is 6. The Hall–Kier alpha value is -3.14. The Balaban J connectivity index is 1.80. The van der Waals surface area contributed by atoms with Crippen molar-refractivity contribution in [2.75, 3.05) is 0 Å². The van der Waals surface area contributed by atoms with Crippen molar-refractivity contribution >= 4 is 46.4 Å². The summed E-state index contributed by atoms with van der Waals surface area (Å²) >= 11 is 13.5. The van der Waals surface area contributed by atoms with E-state index in [9.17, 15) is 17.6 Å². The number of hydrogen-bond donors (Lipinski definition) is 0. The van der Waals surface area contributed by atoms with Crippen LogP contribution >= 0.6 is 34.5 Å². The quantitative estimate of drug-likeness (QED) is 0.189. The second kappa shape index (κ2) is 10.4. The zero-order chi connectivity index (χ0) is 24.2. The van der Waals surface area contributed by atoms with Crippen LogP contribution < -0.4 is 9.54 Å². The van der Waals surface area contributed by atoms with Crippen LogP contribution in [0.5, 0.6) is 5.75 Å². The number of ether oxygens (including phenoxy) is 1. The van der Waals surface area contributed by atoms with Crippen LogP contribution in [0.3, 0.4) is 0 Å². The molecule has 0 aliphatic heterocycles. The number of thiazole rings is 1. The van der Waals surface area contributed by atoms with Gasteiger partial charge < -0.3 is 4.74 Å². The summed E-state index contributed by atoms with van der Waals surface area (Å²) in [5.41, 5.74) is 1.64. The zero-order valence-corrected chi connectivity index (χ0v) is 19.3. The molecule has 4 rings (SSSR count). The summed E-state index contributed by atoms with van der Waals surface area (Å²) < 4.78 is 58.0. The lowest BCUT2D eigenvalue weighted by molar-refractivity contribution is -0.0498. The highest BCUT2D eigenvalue weighted by Crippen LogP contribution is 2.31. The zero-order valence-electron chi connectivity index (χ0n) is 16.9. The standard InChI is InChI=1S/C23H13Cl2F4N3OS/c24-14-3-7-17(18(25)9-14)21-12-34-23(31-20-8-4-15(26)10-19(20)27)32(21)30-11-13-1-5-16(6-2-13)33-22(28)29/h1-12,22H. The Morgan fingerprint density at radius 2 is 1.74 bits per heavy atom. The lowest BCUT2D eigenvalue weighted by Gasteiger charge is -2.07. The Kier molecular flexibility index (Phi) is 7.35. The highest BCUT2D eigenvalue weighted by atomic mass is 35.5. The lowest BCUT2D eigenvalue weighted by Crippen LogP contribution is -2.12. The molecule has 0 spiro atoms. The van der Waals surface area contributed by atoms with Crippen molar-refractivity contribution in [3.8, 4) is 17.0 Å². The van der Waals surface area contributed by atoms with Crippen molar-refractivity contribution in [1.82, 2.24) is 4.68 Å². The molecule has 3 aromatic carbocycles. The van der Waals surface area contributed by atoms with Gasteiger partial charge in [0.1, 0.15) is 17.3 Å². The molecule has 34 heavy (non-hydrogen) atoms. The van der Waals surface area contributed by atoms with E-state index in [1.807, 2.05) is 0 Å². The molecule has 0 fully saturated rings. The molecule has 0 saturated heterocycles. The summed E-state index contributed by atoms with van der Waals surface area (Å²) in [6.45, 7) is -2.93. The molecule has 0 radical (unpaired) electrons. The largest absolute Gasteiger partial charge is 0.435 e. The van der Waals surface area contributed by atoms with Crippen molar-refractivity contribution in [3.05, 3.63) is 98.1 Å². The first kappa shape index (κ1) is 24.0. The van der Waals surface area contributed by atoms with Gasteiger partial charge in [0.25, 0.3) is 0 Å². The molecule has 4 nitrogen and oxygen atoms in total. The van der Waals surface area contributed by atoms with E-state index in [1.54, 1.807) is 35.7 Å². The SMILES string of the molecule is Fc1ccc(N=c2scc(-c3ccc(Cl)cc3Cl)n2N=Cc2ccc(OC(F)F)cc2)c(F)c1. The van der Waals surface area contributed by atoms with Gasteiger partial charge in [-0.05, 0) is 60.2 Å². The Bertz CT molecular complexity index is 1420. The second-order valence-corrected chi connectivity index (χ2v) is 8.42. The Labute approximate surface area is 205 Å². The van der Waals surface area contributed by atoms with Gasteiger partial charge in [0.05, 0.1) is 16.9 Å². The molecule has 0 unspecified atom stereocenters. The molecular weight excluding hydrogens is 513 g/mol. The monoisotopic (exact) mass is 525 g/mol. The molecule has 1 aromatic heterocycles. The number of alkyl halides is 2. The summed E-state index contributed by atoms with van der Waals surface area (Å²) in [7, 11) is 0. The maximum atomic E-state index is 14.2. The molecule has 0 saturated carbocycles. The molecule has 0 atom stereocenters. The van der Waals surface area contributed by atoms with Crippen LogP contribution in [-0.4, -0.2) is 17.5 Å². The van der Waals surface area contributed by atoms with Crippen LogP contribution in [0.1, 0.15) is 5.56 Å². The highest BCUT2D eigenvalue weighted by Gasteiger charge is 2.13. The van der Waals surface area contributed by atoms with Crippen molar-refractivity contribution in [3.63, 3.8) is 0 Å². The molecule has 11 heteroatoms. The van der Waals surface area contributed by atoms with E-state index in [0.717, 1.165) is 23.5 Å². The van der Waals surface area contributed by atoms with Crippen LogP contribution in [0.4, 0.5) is 23.2 Å². The second-order valence-electron chi connectivity index (χ2n) is 6.74. The summed E-state index contributed by atoms with van der Waals surface area (Å²) in [6, 6.07) is 13.8. The van der Waals surface area contributed by atoms with Gasteiger partial charge in [-0.15, -0.1) is 11.3 Å². The maximum Gasteiger partial charge on any atom is 0.387 e. The van der Waals surface area contributed by atoms with Crippen LogP contribution in [0.15, 0.2) is 76.1 Å². The molecule has 174 valence electrons. The summed E-state index contributed by atoms with van der Waals surface area (Å²) in [6.07, 6.45) is 1.46.